The summed E-state index contributed by atoms with van der Waals surface area (Å²) in [5.74, 6) is 1.80. The molecule has 2 atom stereocenters. The molecule has 1 aromatic heterocycles. The predicted molar refractivity (Wildman–Crippen MR) is 63.0 cm³/mol. The molecule has 1 aliphatic rings. The molecule has 90 valence electrons. The van der Waals surface area contributed by atoms with E-state index in [9.17, 15) is 0 Å². The Morgan fingerprint density at radius 3 is 3.06 bits per heavy atom. The molecule has 1 fully saturated rings. The minimum absolute atomic E-state index is 0.363. The Labute approximate surface area is 96.8 Å². The zero-order valence-corrected chi connectivity index (χ0v) is 10.1. The summed E-state index contributed by atoms with van der Waals surface area (Å²) in [6.45, 7) is 6.16. The minimum Gasteiger partial charge on any atom is -0.444 e. The fourth-order valence-corrected chi connectivity index (χ4v) is 2.25. The summed E-state index contributed by atoms with van der Waals surface area (Å²) in [5, 5.41) is 0. The quantitative estimate of drug-likeness (QED) is 0.844. The Hall–Kier alpha value is -0.870. The van der Waals surface area contributed by atoms with E-state index in [1.54, 1.807) is 0 Å². The summed E-state index contributed by atoms with van der Waals surface area (Å²) in [6, 6.07) is 0.891. The number of nitrogens with zero attached hydrogens (tertiary/aromatic N) is 2. The molecule has 0 amide bonds. The Morgan fingerprint density at radius 2 is 2.44 bits per heavy atom. The van der Waals surface area contributed by atoms with Crippen LogP contribution in [0.1, 0.15) is 38.3 Å². The molecule has 2 heterocycles. The van der Waals surface area contributed by atoms with Crippen molar-refractivity contribution >= 4 is 0 Å². The number of rotatable bonds is 3. The van der Waals surface area contributed by atoms with Crippen molar-refractivity contribution < 1.29 is 4.42 Å². The lowest BCUT2D eigenvalue weighted by Crippen LogP contribution is -2.45. The molecule has 1 saturated heterocycles. The Morgan fingerprint density at radius 1 is 1.62 bits per heavy atom. The van der Waals surface area contributed by atoms with Gasteiger partial charge < -0.3 is 10.2 Å². The lowest BCUT2D eigenvalue weighted by atomic mass is 9.99. The van der Waals surface area contributed by atoms with Crippen LogP contribution in [0.3, 0.4) is 0 Å². The Balaban J connectivity index is 1.93. The minimum atomic E-state index is 0.363. The highest BCUT2D eigenvalue weighted by Crippen LogP contribution is 2.18. The van der Waals surface area contributed by atoms with Gasteiger partial charge in [0, 0.05) is 25.0 Å². The number of aryl methyl sites for hydroxylation is 1. The number of likely N-dealkylation sites (tertiary alicyclic amines) is 1. The van der Waals surface area contributed by atoms with Crippen molar-refractivity contribution in [1.82, 2.24) is 9.88 Å². The smallest absolute Gasteiger partial charge is 0.208 e. The van der Waals surface area contributed by atoms with E-state index in [0.29, 0.717) is 12.1 Å². The molecule has 0 aliphatic carbocycles. The zero-order chi connectivity index (χ0) is 11.5. The SMILES string of the molecule is CCc1cnc(CN2CCC(N)CC2C)o1. The van der Waals surface area contributed by atoms with Crippen LogP contribution in [0.4, 0.5) is 0 Å². The molecule has 2 rings (SSSR count). The van der Waals surface area contributed by atoms with Gasteiger partial charge in [0.2, 0.25) is 5.89 Å². The normalized spacial score (nSPS) is 27.2. The third kappa shape index (κ3) is 2.62. The van der Waals surface area contributed by atoms with Crippen LogP contribution in [0.2, 0.25) is 0 Å². The van der Waals surface area contributed by atoms with Crippen molar-refractivity contribution in [2.24, 2.45) is 5.73 Å². The number of aromatic nitrogens is 1. The predicted octanol–water partition coefficient (Wildman–Crippen LogP) is 1.55. The highest BCUT2D eigenvalue weighted by Gasteiger charge is 2.24. The van der Waals surface area contributed by atoms with E-state index in [1.165, 1.54) is 0 Å². The summed E-state index contributed by atoms with van der Waals surface area (Å²) < 4.78 is 5.63. The fraction of sp³-hybridized carbons (Fsp3) is 0.750. The zero-order valence-electron chi connectivity index (χ0n) is 10.1. The van der Waals surface area contributed by atoms with Gasteiger partial charge in [-0.05, 0) is 19.8 Å². The summed E-state index contributed by atoms with van der Waals surface area (Å²) in [4.78, 5) is 6.69. The van der Waals surface area contributed by atoms with Crippen LogP contribution in [-0.4, -0.2) is 28.5 Å². The van der Waals surface area contributed by atoms with Crippen LogP contribution in [0.15, 0.2) is 10.6 Å². The summed E-state index contributed by atoms with van der Waals surface area (Å²) in [7, 11) is 0. The van der Waals surface area contributed by atoms with Crippen molar-refractivity contribution in [3.63, 3.8) is 0 Å². The van der Waals surface area contributed by atoms with E-state index in [-0.39, 0.29) is 0 Å². The van der Waals surface area contributed by atoms with Crippen molar-refractivity contribution in [2.45, 2.75) is 51.7 Å². The van der Waals surface area contributed by atoms with Gasteiger partial charge in [-0.2, -0.15) is 0 Å². The Bertz CT molecular complexity index is 337. The fourth-order valence-electron chi connectivity index (χ4n) is 2.25. The number of piperidine rings is 1. The summed E-state index contributed by atoms with van der Waals surface area (Å²) in [5.41, 5.74) is 5.94. The second-order valence-corrected chi connectivity index (χ2v) is 4.68. The van der Waals surface area contributed by atoms with Gasteiger partial charge in [0.15, 0.2) is 0 Å². The van der Waals surface area contributed by atoms with E-state index >= 15 is 0 Å². The van der Waals surface area contributed by atoms with Gasteiger partial charge >= 0.3 is 0 Å². The van der Waals surface area contributed by atoms with E-state index in [0.717, 1.165) is 44.0 Å². The van der Waals surface area contributed by atoms with Crippen molar-refractivity contribution in [3.8, 4) is 0 Å². The lowest BCUT2D eigenvalue weighted by Gasteiger charge is -2.35. The first-order valence-corrected chi connectivity index (χ1v) is 6.12. The van der Waals surface area contributed by atoms with Gasteiger partial charge in [0.1, 0.15) is 5.76 Å². The summed E-state index contributed by atoms with van der Waals surface area (Å²) >= 11 is 0. The first-order chi connectivity index (χ1) is 7.69. The average molecular weight is 223 g/mol. The van der Waals surface area contributed by atoms with E-state index in [2.05, 4.69) is 23.7 Å². The van der Waals surface area contributed by atoms with Gasteiger partial charge in [-0.3, -0.25) is 4.90 Å². The van der Waals surface area contributed by atoms with E-state index < -0.39 is 0 Å². The first kappa shape index (κ1) is 11.6. The maximum Gasteiger partial charge on any atom is 0.208 e. The van der Waals surface area contributed by atoms with Gasteiger partial charge in [0.05, 0.1) is 12.7 Å². The van der Waals surface area contributed by atoms with Crippen molar-refractivity contribution in [1.29, 1.82) is 0 Å². The van der Waals surface area contributed by atoms with Crippen LogP contribution in [-0.2, 0) is 13.0 Å². The number of hydrogen-bond donors (Lipinski definition) is 1. The molecule has 1 aromatic rings. The van der Waals surface area contributed by atoms with Gasteiger partial charge in [-0.25, -0.2) is 4.98 Å². The van der Waals surface area contributed by atoms with Crippen LogP contribution in [0.5, 0.6) is 0 Å². The van der Waals surface area contributed by atoms with Crippen molar-refractivity contribution in [3.05, 3.63) is 17.8 Å². The number of oxazole rings is 1. The third-order valence-electron chi connectivity index (χ3n) is 3.34. The third-order valence-corrected chi connectivity index (χ3v) is 3.34. The van der Waals surface area contributed by atoms with E-state index in [4.69, 9.17) is 10.2 Å². The maximum atomic E-state index is 5.94. The lowest BCUT2D eigenvalue weighted by molar-refractivity contribution is 0.127. The molecule has 16 heavy (non-hydrogen) atoms. The molecular formula is C12H21N3O. The molecule has 0 saturated carbocycles. The molecule has 4 heteroatoms. The second kappa shape index (κ2) is 4.97. The highest BCUT2D eigenvalue weighted by atomic mass is 16.4. The van der Waals surface area contributed by atoms with E-state index in [1.807, 2.05) is 6.20 Å². The molecule has 0 radical (unpaired) electrons. The topological polar surface area (TPSA) is 55.3 Å². The Kier molecular flexibility index (Phi) is 3.61. The van der Waals surface area contributed by atoms with Crippen LogP contribution in [0.25, 0.3) is 0 Å². The van der Waals surface area contributed by atoms with Crippen LogP contribution >= 0.6 is 0 Å². The number of hydrogen-bond acceptors (Lipinski definition) is 4. The largest absolute Gasteiger partial charge is 0.444 e. The van der Waals surface area contributed by atoms with Crippen molar-refractivity contribution in [2.75, 3.05) is 6.54 Å². The van der Waals surface area contributed by atoms with Crippen LogP contribution < -0.4 is 5.73 Å². The number of nitrogens with two attached hydrogens (primary N) is 1. The highest BCUT2D eigenvalue weighted by molar-refractivity contribution is 4.94. The molecule has 2 N–H and O–H groups in total. The molecule has 2 unspecified atom stereocenters. The average Bonchev–Trinajstić information content (AvgIpc) is 2.70. The summed E-state index contributed by atoms with van der Waals surface area (Å²) in [6.07, 6.45) is 4.89. The van der Waals surface area contributed by atoms with Gasteiger partial charge in [0.25, 0.3) is 0 Å². The standard InChI is InChI=1S/C12H21N3O/c1-3-11-7-14-12(16-11)8-15-5-4-10(13)6-9(15)2/h7,9-10H,3-6,8,13H2,1-2H3. The molecule has 4 nitrogen and oxygen atoms in total. The van der Waals surface area contributed by atoms with Crippen LogP contribution in [0, 0.1) is 0 Å². The second-order valence-electron chi connectivity index (χ2n) is 4.68. The first-order valence-electron chi connectivity index (χ1n) is 6.12. The molecular weight excluding hydrogens is 202 g/mol. The molecule has 0 spiro atoms. The molecule has 0 aromatic carbocycles. The maximum absolute atomic E-state index is 5.94. The van der Waals surface area contributed by atoms with Gasteiger partial charge in [-0.1, -0.05) is 6.92 Å². The molecule has 1 aliphatic heterocycles. The monoisotopic (exact) mass is 223 g/mol. The van der Waals surface area contributed by atoms with Gasteiger partial charge in [-0.15, -0.1) is 0 Å². The molecule has 0 bridgehead atoms.